The molecule has 3 saturated carbocycles. The zero-order valence-corrected chi connectivity index (χ0v) is 18.8. The number of hydrogen-bond donors (Lipinski definition) is 3. The Balaban J connectivity index is 1.84. The summed E-state index contributed by atoms with van der Waals surface area (Å²) < 4.78 is 21.0. The Hall–Kier alpha value is -1.90. The lowest BCUT2D eigenvalue weighted by molar-refractivity contribution is -0.189. The van der Waals surface area contributed by atoms with Gasteiger partial charge < -0.3 is 20.1 Å². The number of aliphatic hydroxyl groups excluding tert-OH is 2. The molecule has 0 aromatic rings. The number of esters is 1. The predicted octanol–water partition coefficient (Wildman–Crippen LogP) is 1.64. The Morgan fingerprint density at radius 1 is 1.25 bits per heavy atom. The first-order chi connectivity index (χ1) is 14.8. The van der Waals surface area contributed by atoms with E-state index in [9.17, 15) is 29.7 Å². The third-order valence-corrected chi connectivity index (χ3v) is 9.02. The molecule has 4 rings (SSSR count). The molecule has 32 heavy (non-hydrogen) atoms. The average Bonchev–Trinajstić information content (AvgIpc) is 2.90. The molecule has 0 aliphatic heterocycles. The molecule has 0 amide bonds. The summed E-state index contributed by atoms with van der Waals surface area (Å²) in [6, 6.07) is 0. The van der Waals surface area contributed by atoms with Crippen molar-refractivity contribution in [2.45, 2.75) is 64.8 Å². The molecule has 7 nitrogen and oxygen atoms in total. The van der Waals surface area contributed by atoms with Gasteiger partial charge in [-0.25, -0.2) is 4.39 Å². The van der Waals surface area contributed by atoms with Crippen LogP contribution in [0, 0.1) is 34.5 Å². The number of rotatable bonds is 3. The van der Waals surface area contributed by atoms with Gasteiger partial charge in [0.2, 0.25) is 0 Å². The number of alkyl halides is 1. The summed E-state index contributed by atoms with van der Waals surface area (Å²) in [6.45, 7) is 5.56. The van der Waals surface area contributed by atoms with Gasteiger partial charge in [0.1, 0.15) is 24.1 Å². The van der Waals surface area contributed by atoms with Gasteiger partial charge in [0.25, 0.3) is 0 Å². The first-order valence-corrected chi connectivity index (χ1v) is 11.2. The number of allylic oxidation sites excluding steroid dienone is 3. The van der Waals surface area contributed by atoms with Crippen molar-refractivity contribution in [3.05, 3.63) is 23.5 Å². The van der Waals surface area contributed by atoms with E-state index in [2.05, 4.69) is 0 Å². The lowest BCUT2D eigenvalue weighted by Gasteiger charge is -2.60. The number of aliphatic hydroxyl groups is 3. The molecule has 0 heterocycles. The maximum Gasteiger partial charge on any atom is 0.307 e. The maximum absolute atomic E-state index is 15.6. The normalized spacial score (nSPS) is 47.6. The SMILES string of the molecule is CC(=O)OC1=CC(=O)C=C2C(F)C[C@@H]3[C@H]([C@@H](O)C[C@@]4(C)[C@H]3CC(C)[C@]4(O)C(=O)CO)[C@@]12C. The Morgan fingerprint density at radius 2 is 1.91 bits per heavy atom. The van der Waals surface area contributed by atoms with Crippen molar-refractivity contribution >= 4 is 17.5 Å². The second-order valence-corrected chi connectivity index (χ2v) is 10.5. The number of fused-ring (bicyclic) bond motifs is 5. The van der Waals surface area contributed by atoms with E-state index in [0.717, 1.165) is 0 Å². The van der Waals surface area contributed by atoms with E-state index >= 15 is 4.39 Å². The predicted molar refractivity (Wildman–Crippen MR) is 111 cm³/mol. The van der Waals surface area contributed by atoms with Gasteiger partial charge in [0.15, 0.2) is 11.6 Å². The summed E-state index contributed by atoms with van der Waals surface area (Å²) >= 11 is 0. The zero-order valence-electron chi connectivity index (χ0n) is 18.8. The Morgan fingerprint density at radius 3 is 2.50 bits per heavy atom. The Bertz CT molecular complexity index is 941. The minimum absolute atomic E-state index is 0.0279. The van der Waals surface area contributed by atoms with Crippen LogP contribution in [0.15, 0.2) is 23.5 Å². The third-order valence-electron chi connectivity index (χ3n) is 9.02. The maximum atomic E-state index is 15.6. The topological polar surface area (TPSA) is 121 Å². The van der Waals surface area contributed by atoms with Crippen LogP contribution in [0.1, 0.15) is 47.0 Å². The van der Waals surface area contributed by atoms with Crippen LogP contribution in [-0.4, -0.2) is 57.3 Å². The molecule has 0 radical (unpaired) electrons. The molecule has 8 heteroatoms. The highest BCUT2D eigenvalue weighted by atomic mass is 19.1. The van der Waals surface area contributed by atoms with Gasteiger partial charge in [-0.3, -0.25) is 14.4 Å². The van der Waals surface area contributed by atoms with Crippen molar-refractivity contribution in [3.8, 4) is 0 Å². The van der Waals surface area contributed by atoms with Crippen LogP contribution in [0.25, 0.3) is 0 Å². The number of carbonyl (C=O) groups excluding carboxylic acids is 3. The lowest BCUT2D eigenvalue weighted by atomic mass is 9.45. The summed E-state index contributed by atoms with van der Waals surface area (Å²) in [7, 11) is 0. The molecule has 3 fully saturated rings. The highest BCUT2D eigenvalue weighted by Crippen LogP contribution is 2.69. The second kappa shape index (κ2) is 7.30. The van der Waals surface area contributed by atoms with E-state index < -0.39 is 70.6 Å². The number of ether oxygens (including phenoxy) is 1. The minimum Gasteiger partial charge on any atom is -0.430 e. The molecule has 4 aliphatic rings. The molecule has 3 N–H and O–H groups in total. The Kier molecular flexibility index (Phi) is 5.31. The van der Waals surface area contributed by atoms with Crippen molar-refractivity contribution in [2.24, 2.45) is 34.5 Å². The van der Waals surface area contributed by atoms with E-state index in [1.807, 2.05) is 0 Å². The number of ketones is 2. The fourth-order valence-electron chi connectivity index (χ4n) is 7.74. The lowest BCUT2D eigenvalue weighted by Crippen LogP contribution is -2.64. The van der Waals surface area contributed by atoms with Crippen LogP contribution in [0.5, 0.6) is 0 Å². The van der Waals surface area contributed by atoms with Crippen molar-refractivity contribution in [1.29, 1.82) is 0 Å². The fourth-order valence-corrected chi connectivity index (χ4v) is 7.74. The molecule has 176 valence electrons. The first-order valence-electron chi connectivity index (χ1n) is 11.2. The largest absolute Gasteiger partial charge is 0.430 e. The van der Waals surface area contributed by atoms with Crippen molar-refractivity contribution in [1.82, 2.24) is 0 Å². The molecule has 0 spiro atoms. The summed E-state index contributed by atoms with van der Waals surface area (Å²) in [6.07, 6.45) is 0.377. The van der Waals surface area contributed by atoms with E-state index in [0.29, 0.717) is 6.42 Å². The van der Waals surface area contributed by atoms with Gasteiger partial charge in [-0.2, -0.15) is 0 Å². The van der Waals surface area contributed by atoms with Gasteiger partial charge in [0, 0.05) is 24.3 Å². The minimum atomic E-state index is -1.84. The third kappa shape index (κ3) is 2.78. The number of halogens is 1. The molecule has 9 atom stereocenters. The highest BCUT2D eigenvalue weighted by molar-refractivity contribution is 6.02. The summed E-state index contributed by atoms with van der Waals surface area (Å²) in [5.41, 5.74) is -3.91. The molecule has 0 aromatic heterocycles. The molecule has 2 unspecified atom stereocenters. The summed E-state index contributed by atoms with van der Waals surface area (Å²) in [5.74, 6) is -3.57. The van der Waals surface area contributed by atoms with Crippen LogP contribution in [-0.2, 0) is 19.1 Å². The number of Topliss-reactive ketones (excluding diaryl/α,β-unsaturated/α-hetero) is 1. The first kappa shape index (κ1) is 23.3. The Labute approximate surface area is 186 Å². The van der Waals surface area contributed by atoms with Crippen LogP contribution >= 0.6 is 0 Å². The van der Waals surface area contributed by atoms with Crippen molar-refractivity contribution in [3.63, 3.8) is 0 Å². The van der Waals surface area contributed by atoms with Crippen LogP contribution in [0.2, 0.25) is 0 Å². The molecule has 0 aromatic carbocycles. The van der Waals surface area contributed by atoms with E-state index in [1.54, 1.807) is 20.8 Å². The van der Waals surface area contributed by atoms with Gasteiger partial charge in [-0.15, -0.1) is 0 Å². The number of carbonyl (C=O) groups is 3. The molecule has 4 aliphatic carbocycles. The van der Waals surface area contributed by atoms with Gasteiger partial charge in [-0.1, -0.05) is 13.8 Å². The van der Waals surface area contributed by atoms with Gasteiger partial charge in [0.05, 0.1) is 11.5 Å². The molecular formula is C24H31FO7. The van der Waals surface area contributed by atoms with E-state index in [4.69, 9.17) is 4.74 Å². The van der Waals surface area contributed by atoms with Gasteiger partial charge in [-0.05, 0) is 55.6 Å². The van der Waals surface area contributed by atoms with Crippen LogP contribution < -0.4 is 0 Å². The van der Waals surface area contributed by atoms with Crippen molar-refractivity contribution < 1.29 is 38.8 Å². The molecule has 0 bridgehead atoms. The second-order valence-electron chi connectivity index (χ2n) is 10.5. The summed E-state index contributed by atoms with van der Waals surface area (Å²) in [5, 5.41) is 32.5. The smallest absolute Gasteiger partial charge is 0.307 e. The van der Waals surface area contributed by atoms with E-state index in [-0.39, 0.29) is 30.1 Å². The number of hydrogen-bond acceptors (Lipinski definition) is 7. The molecule has 0 saturated heterocycles. The fraction of sp³-hybridized carbons (Fsp3) is 0.708. The zero-order chi connectivity index (χ0) is 23.8. The van der Waals surface area contributed by atoms with Gasteiger partial charge >= 0.3 is 5.97 Å². The van der Waals surface area contributed by atoms with Crippen molar-refractivity contribution in [2.75, 3.05) is 6.61 Å². The highest BCUT2D eigenvalue weighted by Gasteiger charge is 2.72. The monoisotopic (exact) mass is 450 g/mol. The quantitative estimate of drug-likeness (QED) is 0.559. The standard InChI is InChI=1S/C24H31FO7/c1-11-5-15-14-8-17(25)16-6-13(28)7-20(32-12(2)27)23(16,4)21(14)18(29)9-22(15,3)24(11,31)19(30)10-26/h6-7,11,14-15,17-18,21,26,29,31H,5,8-10H2,1-4H3/t11?,14-,15-,17?,18-,21+,22-,23+,24-/m0/s1. The van der Waals surface area contributed by atoms with Crippen LogP contribution in [0.4, 0.5) is 4.39 Å². The summed E-state index contributed by atoms with van der Waals surface area (Å²) in [4.78, 5) is 36.7. The molecular weight excluding hydrogens is 419 g/mol. The van der Waals surface area contributed by atoms with E-state index in [1.165, 1.54) is 19.1 Å². The average molecular weight is 451 g/mol. The van der Waals surface area contributed by atoms with Crippen LogP contribution in [0.3, 0.4) is 0 Å².